The Hall–Kier alpha value is -10.5. The molecule has 336 valence electrons. The summed E-state index contributed by atoms with van der Waals surface area (Å²) in [6.07, 6.45) is 2.79. The van der Waals surface area contributed by atoms with Gasteiger partial charge in [-0.25, -0.2) is 20.2 Å². The lowest BCUT2D eigenvalue weighted by molar-refractivity contribution is 0.100. The number of para-hydroxylation sites is 4. The minimum absolute atomic E-state index is 0.0167. The summed E-state index contributed by atoms with van der Waals surface area (Å²) in [7, 11) is 0. The number of nitriles is 2. The van der Waals surface area contributed by atoms with Crippen molar-refractivity contribution in [3.05, 3.63) is 292 Å². The first-order valence-corrected chi connectivity index (χ1v) is 22.3. The first kappa shape index (κ1) is 47.1. The fourth-order valence-corrected chi connectivity index (χ4v) is 8.34. The molecular formula is C62H40N6O3. The van der Waals surface area contributed by atoms with Gasteiger partial charge in [-0.2, -0.15) is 0 Å². The Morgan fingerprint density at radius 1 is 0.451 bits per heavy atom. The maximum Gasteiger partial charge on any atom is 0.270 e. The normalized spacial score (nSPS) is 13.7. The van der Waals surface area contributed by atoms with Gasteiger partial charge in [-0.3, -0.25) is 14.4 Å². The first-order valence-electron chi connectivity index (χ1n) is 22.3. The van der Waals surface area contributed by atoms with Crippen LogP contribution in [0, 0.1) is 35.8 Å². The van der Waals surface area contributed by atoms with Gasteiger partial charge in [0, 0.05) is 68.4 Å². The number of allylic oxidation sites excluding steroid dienone is 5. The van der Waals surface area contributed by atoms with Gasteiger partial charge in [0.05, 0.1) is 25.3 Å². The number of rotatable bonds is 8. The summed E-state index contributed by atoms with van der Waals surface area (Å²) in [5, 5.41) is 18.3. The van der Waals surface area contributed by atoms with E-state index in [1.807, 2.05) is 140 Å². The number of hydrogen-bond acceptors (Lipinski definition) is 7. The Labute approximate surface area is 412 Å². The molecule has 8 aromatic carbocycles. The Balaban J connectivity index is 0.000000159. The summed E-state index contributed by atoms with van der Waals surface area (Å²) in [6.45, 7) is 14.3. The van der Waals surface area contributed by atoms with Crippen LogP contribution < -0.4 is 9.80 Å². The number of carbonyl (C=O) groups excluding carboxylic acids is 3. The molecule has 0 heterocycles. The highest BCUT2D eigenvalue weighted by molar-refractivity contribution is 6.29. The van der Waals surface area contributed by atoms with Crippen LogP contribution >= 0.6 is 0 Å². The lowest BCUT2D eigenvalue weighted by atomic mass is 10.0. The maximum atomic E-state index is 13.2. The zero-order valence-electron chi connectivity index (χ0n) is 38.1. The molecule has 0 atom stereocenters. The Kier molecular flexibility index (Phi) is 14.8. The van der Waals surface area contributed by atoms with Crippen LogP contribution in [0.2, 0.25) is 0 Å². The lowest BCUT2D eigenvalue weighted by Gasteiger charge is -2.25. The largest absolute Gasteiger partial charge is 0.311 e. The average molecular weight is 917 g/mol. The molecule has 0 aromatic heterocycles. The molecule has 0 bridgehead atoms. The van der Waals surface area contributed by atoms with Crippen molar-refractivity contribution in [3.63, 3.8) is 0 Å². The van der Waals surface area contributed by atoms with E-state index in [0.717, 1.165) is 51.5 Å². The van der Waals surface area contributed by atoms with Crippen LogP contribution in [-0.2, 0) is 0 Å². The van der Waals surface area contributed by atoms with E-state index in [2.05, 4.69) is 68.0 Å². The lowest BCUT2D eigenvalue weighted by Crippen LogP contribution is -2.09. The molecule has 0 N–H and O–H groups in total. The van der Waals surface area contributed by atoms with Crippen LogP contribution in [-0.4, -0.2) is 17.9 Å². The summed E-state index contributed by atoms with van der Waals surface area (Å²) in [6, 6.07) is 74.1. The minimum atomic E-state index is -0.175. The number of anilines is 6. The first-order chi connectivity index (χ1) is 34.9. The number of aldehydes is 1. The van der Waals surface area contributed by atoms with Crippen molar-refractivity contribution in [1.29, 1.82) is 10.5 Å². The molecule has 0 radical (unpaired) electrons. The molecule has 0 fully saturated rings. The predicted molar refractivity (Wildman–Crippen MR) is 280 cm³/mol. The molecule has 71 heavy (non-hydrogen) atoms. The number of nitrogens with zero attached hydrogens (tertiary/aromatic N) is 6. The van der Waals surface area contributed by atoms with Crippen molar-refractivity contribution >= 4 is 69.2 Å². The quantitative estimate of drug-likeness (QED) is 0.0645. The summed E-state index contributed by atoms with van der Waals surface area (Å²) < 4.78 is 0. The average Bonchev–Trinajstić information content (AvgIpc) is 3.91. The number of carbonyl (C=O) groups is 3. The Morgan fingerprint density at radius 3 is 1.23 bits per heavy atom. The highest BCUT2D eigenvalue weighted by Gasteiger charge is 2.32. The van der Waals surface area contributed by atoms with Crippen LogP contribution in [0.15, 0.2) is 235 Å². The fraction of sp³-hybridized carbons (Fsp3) is 0.0161. The van der Waals surface area contributed by atoms with Crippen molar-refractivity contribution in [2.45, 2.75) is 6.42 Å². The molecule has 2 aliphatic rings. The van der Waals surface area contributed by atoms with Crippen LogP contribution in [0.4, 0.5) is 34.1 Å². The summed E-state index contributed by atoms with van der Waals surface area (Å²) in [5.74, 6) is -0.191. The SMILES string of the molecule is O=Cc1ccc(N(c2ccccc2)c2ccccc2)cc1.[C-]#[N+]/C(C#N)=C1\C(=C/c2ccc(N(c3ccccc3)c3ccccc3)cc2)C(=O)c2ccccc21.[C-]#[N+]/C(C#N)=C1\CC(=O)c2ccccc21. The highest BCUT2D eigenvalue weighted by Crippen LogP contribution is 2.41. The molecular weight excluding hydrogens is 877 g/mol. The number of ketones is 2. The maximum absolute atomic E-state index is 13.2. The molecule has 2 aliphatic carbocycles. The summed E-state index contributed by atoms with van der Waals surface area (Å²) >= 11 is 0. The zero-order chi connectivity index (χ0) is 49.5. The van der Waals surface area contributed by atoms with Gasteiger partial charge < -0.3 is 9.80 Å². The molecule has 0 amide bonds. The number of fused-ring (bicyclic) bond motifs is 2. The second-order valence-corrected chi connectivity index (χ2v) is 15.9. The van der Waals surface area contributed by atoms with Gasteiger partial charge in [-0.05, 0) is 113 Å². The molecule has 9 nitrogen and oxygen atoms in total. The smallest absolute Gasteiger partial charge is 0.270 e. The predicted octanol–water partition coefficient (Wildman–Crippen LogP) is 15.0. The third-order valence-corrected chi connectivity index (χ3v) is 11.6. The second-order valence-electron chi connectivity index (χ2n) is 15.9. The van der Waals surface area contributed by atoms with E-state index in [1.54, 1.807) is 48.5 Å². The van der Waals surface area contributed by atoms with E-state index < -0.39 is 0 Å². The minimum Gasteiger partial charge on any atom is -0.311 e. The fourth-order valence-electron chi connectivity index (χ4n) is 8.34. The number of Topliss-reactive ketones (excluding diaryl/α,β-unsaturated/α-hetero) is 2. The van der Waals surface area contributed by atoms with Crippen molar-refractivity contribution in [3.8, 4) is 12.1 Å². The number of hydrogen-bond donors (Lipinski definition) is 0. The third-order valence-electron chi connectivity index (χ3n) is 11.6. The second kappa shape index (κ2) is 22.4. The number of benzene rings is 8. The summed E-state index contributed by atoms with van der Waals surface area (Å²) in [5.41, 5.74) is 11.5. The zero-order valence-corrected chi connectivity index (χ0v) is 38.1. The van der Waals surface area contributed by atoms with Crippen molar-refractivity contribution < 1.29 is 14.4 Å². The van der Waals surface area contributed by atoms with E-state index in [1.165, 1.54) is 0 Å². The molecule has 9 heteroatoms. The van der Waals surface area contributed by atoms with Crippen LogP contribution in [0.1, 0.15) is 54.2 Å². The van der Waals surface area contributed by atoms with Crippen molar-refractivity contribution in [2.75, 3.05) is 9.80 Å². The van der Waals surface area contributed by atoms with E-state index >= 15 is 0 Å². The van der Waals surface area contributed by atoms with Crippen LogP contribution in [0.3, 0.4) is 0 Å². The standard InChI is InChI=1S/C31H19N3O.C19H15NO.C12H6N2O/c1-33-29(21-32)30-26-14-8-9-15-27(26)31(35)28(30)20-22-16-18-25(19-17-22)34(23-10-4-2-5-11-23)24-12-6-3-7-13-24;21-15-16-11-13-19(14-12-16)20(17-7-3-1-4-8-17)18-9-5-2-6-10-18;1-14-11(7-13)10-6-12(15)9-5-3-2-4-8(9)10/h2-20H;1-15H;2-5H,6H2/b28-20+,30-29-;;11-10+. The topological polar surface area (TPSA) is 114 Å². The van der Waals surface area contributed by atoms with Gasteiger partial charge in [0.25, 0.3) is 11.4 Å². The van der Waals surface area contributed by atoms with E-state index in [-0.39, 0.29) is 29.4 Å². The molecule has 0 aliphatic heterocycles. The third kappa shape index (κ3) is 10.4. The van der Waals surface area contributed by atoms with Gasteiger partial charge >= 0.3 is 0 Å². The van der Waals surface area contributed by atoms with E-state index in [9.17, 15) is 19.6 Å². The molecule has 10 rings (SSSR count). The van der Waals surface area contributed by atoms with E-state index in [0.29, 0.717) is 39.0 Å². The Bertz CT molecular complexity index is 3410. The van der Waals surface area contributed by atoms with Gasteiger partial charge in [0.1, 0.15) is 6.29 Å². The molecule has 8 aromatic rings. The van der Waals surface area contributed by atoms with Gasteiger partial charge in [0.2, 0.25) is 0 Å². The van der Waals surface area contributed by atoms with Crippen molar-refractivity contribution in [2.24, 2.45) is 0 Å². The summed E-state index contributed by atoms with van der Waals surface area (Å²) in [4.78, 5) is 46.4. The molecule has 0 saturated heterocycles. The molecule has 0 saturated carbocycles. The van der Waals surface area contributed by atoms with Gasteiger partial charge in [-0.1, -0.05) is 133 Å². The van der Waals surface area contributed by atoms with Gasteiger partial charge in [-0.15, -0.1) is 0 Å². The molecule has 0 unspecified atom stereocenters. The monoisotopic (exact) mass is 916 g/mol. The van der Waals surface area contributed by atoms with Gasteiger partial charge in [0.15, 0.2) is 11.6 Å². The van der Waals surface area contributed by atoms with Crippen LogP contribution in [0.25, 0.3) is 26.9 Å². The van der Waals surface area contributed by atoms with Crippen LogP contribution in [0.5, 0.6) is 0 Å². The Morgan fingerprint density at radius 2 is 0.817 bits per heavy atom. The van der Waals surface area contributed by atoms with E-state index in [4.69, 9.17) is 18.4 Å². The highest BCUT2D eigenvalue weighted by atomic mass is 16.1. The molecule has 0 spiro atoms. The van der Waals surface area contributed by atoms with Crippen molar-refractivity contribution in [1.82, 2.24) is 0 Å².